The summed E-state index contributed by atoms with van der Waals surface area (Å²) in [5, 5.41) is 4.90. The third kappa shape index (κ3) is 3.94. The summed E-state index contributed by atoms with van der Waals surface area (Å²) in [4.78, 5) is 20.6. The zero-order valence-electron chi connectivity index (χ0n) is 19.8. The summed E-state index contributed by atoms with van der Waals surface area (Å²) < 4.78 is 1.92. The minimum absolute atomic E-state index is 0.00836. The molecule has 1 aliphatic carbocycles. The molecule has 5 heteroatoms. The number of hydrogen-bond acceptors (Lipinski definition) is 3. The first-order valence-corrected chi connectivity index (χ1v) is 12.1. The molecule has 1 aliphatic heterocycles. The van der Waals surface area contributed by atoms with Crippen molar-refractivity contribution >= 4 is 11.6 Å². The van der Waals surface area contributed by atoms with Crippen LogP contribution in [0.15, 0.2) is 30.5 Å². The number of benzene rings is 1. The SMILES string of the molecule is Cc1cc(C)cc(C(=O)N2CCCC[C@H]2c2cc3nc(C4CC[C@H](C)C4)c(C)cn3n2)c1. The molecule has 0 bridgehead atoms. The Hall–Kier alpha value is -2.69. The van der Waals surface area contributed by atoms with Crippen LogP contribution < -0.4 is 0 Å². The van der Waals surface area contributed by atoms with E-state index in [1.165, 1.54) is 30.5 Å². The molecular formula is C27H34N4O. The summed E-state index contributed by atoms with van der Waals surface area (Å²) in [6.07, 6.45) is 8.99. The zero-order valence-corrected chi connectivity index (χ0v) is 19.8. The van der Waals surface area contributed by atoms with E-state index in [0.29, 0.717) is 5.92 Å². The molecule has 2 fully saturated rings. The Morgan fingerprint density at radius 2 is 1.78 bits per heavy atom. The van der Waals surface area contributed by atoms with E-state index in [1.807, 2.05) is 21.5 Å². The molecule has 1 saturated heterocycles. The Labute approximate surface area is 190 Å². The number of likely N-dealkylation sites (tertiary alicyclic amines) is 1. The van der Waals surface area contributed by atoms with E-state index in [9.17, 15) is 4.79 Å². The van der Waals surface area contributed by atoms with Crippen LogP contribution in [-0.4, -0.2) is 31.9 Å². The molecule has 0 radical (unpaired) electrons. The van der Waals surface area contributed by atoms with Crippen molar-refractivity contribution in [2.45, 2.75) is 78.2 Å². The van der Waals surface area contributed by atoms with Crippen LogP contribution in [-0.2, 0) is 0 Å². The molecule has 1 amide bonds. The summed E-state index contributed by atoms with van der Waals surface area (Å²) in [7, 11) is 0. The van der Waals surface area contributed by atoms with Crippen molar-refractivity contribution in [3.63, 3.8) is 0 Å². The van der Waals surface area contributed by atoms with Crippen LogP contribution in [0.1, 0.15) is 95.8 Å². The van der Waals surface area contributed by atoms with E-state index in [0.717, 1.165) is 59.8 Å². The highest BCUT2D eigenvalue weighted by atomic mass is 16.2. The van der Waals surface area contributed by atoms with Gasteiger partial charge in [-0.25, -0.2) is 9.50 Å². The van der Waals surface area contributed by atoms with Gasteiger partial charge in [0.05, 0.1) is 17.4 Å². The fourth-order valence-corrected chi connectivity index (χ4v) is 5.82. The van der Waals surface area contributed by atoms with Crippen molar-refractivity contribution < 1.29 is 4.79 Å². The fourth-order valence-electron chi connectivity index (χ4n) is 5.82. The maximum absolute atomic E-state index is 13.5. The molecule has 3 atom stereocenters. The summed E-state index contributed by atoms with van der Waals surface area (Å²) in [5.41, 5.74) is 7.37. The first-order valence-electron chi connectivity index (χ1n) is 12.1. The van der Waals surface area contributed by atoms with Crippen LogP contribution in [0.25, 0.3) is 5.65 Å². The smallest absolute Gasteiger partial charge is 0.254 e. The molecule has 32 heavy (non-hydrogen) atoms. The van der Waals surface area contributed by atoms with Gasteiger partial charge in [-0.3, -0.25) is 4.79 Å². The van der Waals surface area contributed by atoms with Crippen molar-refractivity contribution in [3.8, 4) is 0 Å². The molecule has 1 saturated carbocycles. The number of carbonyl (C=O) groups is 1. The van der Waals surface area contributed by atoms with Gasteiger partial charge in [-0.15, -0.1) is 0 Å². The second-order valence-corrected chi connectivity index (χ2v) is 10.2. The lowest BCUT2D eigenvalue weighted by Crippen LogP contribution is -2.38. The van der Waals surface area contributed by atoms with Crippen LogP contribution in [0.5, 0.6) is 0 Å². The van der Waals surface area contributed by atoms with Crippen molar-refractivity contribution in [3.05, 3.63) is 64.1 Å². The lowest BCUT2D eigenvalue weighted by Gasteiger charge is -2.35. The van der Waals surface area contributed by atoms with Gasteiger partial charge in [0.15, 0.2) is 5.65 Å². The van der Waals surface area contributed by atoms with Crippen molar-refractivity contribution in [2.75, 3.05) is 6.54 Å². The summed E-state index contributed by atoms with van der Waals surface area (Å²) in [5.74, 6) is 1.46. The molecule has 1 unspecified atom stereocenters. The zero-order chi connectivity index (χ0) is 22.4. The van der Waals surface area contributed by atoms with E-state index in [4.69, 9.17) is 10.1 Å². The van der Waals surface area contributed by atoms with Gasteiger partial charge in [0.2, 0.25) is 0 Å². The van der Waals surface area contributed by atoms with Gasteiger partial charge in [0.1, 0.15) is 0 Å². The minimum atomic E-state index is 0.00836. The van der Waals surface area contributed by atoms with Crippen LogP contribution in [0.4, 0.5) is 0 Å². The van der Waals surface area contributed by atoms with Crippen molar-refractivity contribution in [1.82, 2.24) is 19.5 Å². The lowest BCUT2D eigenvalue weighted by molar-refractivity contribution is 0.0605. The lowest BCUT2D eigenvalue weighted by atomic mass is 9.97. The summed E-state index contributed by atoms with van der Waals surface area (Å²) in [6.45, 7) is 9.38. The van der Waals surface area contributed by atoms with E-state index in [2.05, 4.69) is 46.0 Å². The largest absolute Gasteiger partial charge is 0.330 e. The topological polar surface area (TPSA) is 50.5 Å². The van der Waals surface area contributed by atoms with Gasteiger partial charge >= 0.3 is 0 Å². The maximum atomic E-state index is 13.5. The van der Waals surface area contributed by atoms with Gasteiger partial charge < -0.3 is 4.90 Å². The van der Waals surface area contributed by atoms with E-state index in [1.54, 1.807) is 0 Å². The van der Waals surface area contributed by atoms with E-state index in [-0.39, 0.29) is 11.9 Å². The third-order valence-corrected chi connectivity index (χ3v) is 7.35. The first-order chi connectivity index (χ1) is 15.4. The highest BCUT2D eigenvalue weighted by molar-refractivity contribution is 5.95. The molecule has 168 valence electrons. The molecule has 5 nitrogen and oxygen atoms in total. The first kappa shape index (κ1) is 21.2. The number of carbonyl (C=O) groups excluding carboxylic acids is 1. The molecule has 2 aromatic heterocycles. The molecular weight excluding hydrogens is 396 g/mol. The van der Waals surface area contributed by atoms with Crippen LogP contribution in [0.2, 0.25) is 0 Å². The highest BCUT2D eigenvalue weighted by Crippen LogP contribution is 2.39. The van der Waals surface area contributed by atoms with E-state index >= 15 is 0 Å². The monoisotopic (exact) mass is 430 g/mol. The number of hydrogen-bond donors (Lipinski definition) is 0. The highest BCUT2D eigenvalue weighted by Gasteiger charge is 2.31. The fraction of sp³-hybridized carbons (Fsp3) is 0.519. The predicted molar refractivity (Wildman–Crippen MR) is 127 cm³/mol. The van der Waals surface area contributed by atoms with Crippen molar-refractivity contribution in [2.24, 2.45) is 5.92 Å². The van der Waals surface area contributed by atoms with Gasteiger partial charge in [0, 0.05) is 30.3 Å². The minimum Gasteiger partial charge on any atom is -0.330 e. The molecule has 1 aromatic carbocycles. The Morgan fingerprint density at radius 3 is 2.50 bits per heavy atom. The Bertz CT molecular complexity index is 1140. The third-order valence-electron chi connectivity index (χ3n) is 7.35. The molecule has 5 rings (SSSR count). The number of aromatic nitrogens is 3. The van der Waals surface area contributed by atoms with Crippen LogP contribution in [0.3, 0.4) is 0 Å². The number of piperidine rings is 1. The molecule has 3 heterocycles. The van der Waals surface area contributed by atoms with Gasteiger partial charge in [-0.05, 0) is 76.5 Å². The standard InChI is InChI=1S/C27H34N4O/c1-17-8-9-21(12-17)26-20(4)16-31-25(28-26)15-23(29-31)24-7-5-6-10-30(24)27(32)22-13-18(2)11-19(3)14-22/h11,13-17,21,24H,5-10,12H2,1-4H3/t17-,21?,24-/m0/s1. The predicted octanol–water partition coefficient (Wildman–Crippen LogP) is 5.93. The number of amides is 1. The molecule has 3 aromatic rings. The van der Waals surface area contributed by atoms with Gasteiger partial charge in [-0.2, -0.15) is 5.10 Å². The number of nitrogens with zero attached hydrogens (tertiary/aromatic N) is 4. The number of aryl methyl sites for hydroxylation is 3. The van der Waals surface area contributed by atoms with Gasteiger partial charge in [-0.1, -0.05) is 30.5 Å². The second kappa shape index (κ2) is 8.34. The van der Waals surface area contributed by atoms with Crippen LogP contribution >= 0.6 is 0 Å². The summed E-state index contributed by atoms with van der Waals surface area (Å²) in [6, 6.07) is 8.24. The second-order valence-electron chi connectivity index (χ2n) is 10.2. The van der Waals surface area contributed by atoms with Crippen LogP contribution in [0, 0.1) is 26.7 Å². The summed E-state index contributed by atoms with van der Waals surface area (Å²) >= 11 is 0. The van der Waals surface area contributed by atoms with Gasteiger partial charge in [0.25, 0.3) is 5.91 Å². The Morgan fingerprint density at radius 1 is 1.00 bits per heavy atom. The molecule has 0 N–H and O–H groups in total. The average molecular weight is 431 g/mol. The quantitative estimate of drug-likeness (QED) is 0.518. The average Bonchev–Trinajstić information content (AvgIpc) is 3.37. The Balaban J connectivity index is 1.47. The molecule has 2 aliphatic rings. The normalized spacial score (nSPS) is 23.8. The number of fused-ring (bicyclic) bond motifs is 1. The maximum Gasteiger partial charge on any atom is 0.254 e. The van der Waals surface area contributed by atoms with E-state index < -0.39 is 0 Å². The van der Waals surface area contributed by atoms with Crippen molar-refractivity contribution in [1.29, 1.82) is 0 Å². The number of rotatable bonds is 3. The molecule has 0 spiro atoms. The Kier molecular flexibility index (Phi) is 5.52.